The number of quaternary nitrogens is 2. The predicted octanol–water partition coefficient (Wildman–Crippen LogP) is -0.387. The molecule has 1 aliphatic rings. The maximum Gasteiger partial charge on any atom is 0.416 e. The summed E-state index contributed by atoms with van der Waals surface area (Å²) in [6, 6.07) is 4.96. The molecule has 1 aliphatic heterocycles. The summed E-state index contributed by atoms with van der Waals surface area (Å²) in [5.41, 5.74) is 0.0359. The molecule has 0 saturated carbocycles. The molecule has 1 atom stereocenters. The minimum atomic E-state index is -4.33. The lowest BCUT2D eigenvalue weighted by molar-refractivity contribution is -1.02. The predicted molar refractivity (Wildman–Crippen MR) is 97.8 cm³/mol. The second-order valence-electron chi connectivity index (χ2n) is 7.38. The Morgan fingerprint density at radius 1 is 1.14 bits per heavy atom. The van der Waals surface area contributed by atoms with Gasteiger partial charge in [-0.25, -0.2) is 4.79 Å². The molecule has 28 heavy (non-hydrogen) atoms. The van der Waals surface area contributed by atoms with E-state index in [1.165, 1.54) is 17.0 Å². The van der Waals surface area contributed by atoms with Crippen LogP contribution in [0.15, 0.2) is 24.3 Å². The fraction of sp³-hybridized carbons (Fsp3) is 0.579. The van der Waals surface area contributed by atoms with E-state index < -0.39 is 17.8 Å². The molecular formula is C19H29F3N4O2+2. The maximum atomic E-state index is 12.8. The molecule has 0 bridgehead atoms. The number of amides is 3. The number of alkyl halides is 3. The third kappa shape index (κ3) is 7.12. The largest absolute Gasteiger partial charge is 0.416 e. The van der Waals surface area contributed by atoms with Crippen LogP contribution in [0.2, 0.25) is 0 Å². The van der Waals surface area contributed by atoms with Gasteiger partial charge in [-0.15, -0.1) is 0 Å². The Bertz CT molecular complexity index is 673. The van der Waals surface area contributed by atoms with Gasteiger partial charge >= 0.3 is 12.2 Å². The number of imide groups is 1. The van der Waals surface area contributed by atoms with Crippen LogP contribution in [-0.4, -0.2) is 50.7 Å². The molecule has 3 amide bonds. The van der Waals surface area contributed by atoms with Crippen LogP contribution >= 0.6 is 0 Å². The summed E-state index contributed by atoms with van der Waals surface area (Å²) in [5, 5.41) is 5.02. The number of urea groups is 1. The van der Waals surface area contributed by atoms with Crippen molar-refractivity contribution < 1.29 is 32.6 Å². The Morgan fingerprint density at radius 3 is 2.39 bits per heavy atom. The van der Waals surface area contributed by atoms with Crippen LogP contribution < -0.4 is 20.4 Å². The van der Waals surface area contributed by atoms with E-state index in [0.29, 0.717) is 12.1 Å². The van der Waals surface area contributed by atoms with Gasteiger partial charge in [-0.05, 0) is 25.5 Å². The number of piperazine rings is 1. The van der Waals surface area contributed by atoms with Crippen molar-refractivity contribution in [2.24, 2.45) is 0 Å². The van der Waals surface area contributed by atoms with Crippen molar-refractivity contribution in [3.05, 3.63) is 35.4 Å². The molecule has 0 unspecified atom stereocenters. The molecule has 0 aliphatic carbocycles. The number of carbonyl (C=O) groups excluding carboxylic acids is 2. The molecule has 0 spiro atoms. The first-order valence-electron chi connectivity index (χ1n) is 9.61. The molecule has 6 nitrogen and oxygen atoms in total. The Labute approximate surface area is 163 Å². The standard InChI is InChI=1S/C19H27F3N4O2/c1-3-14(2)23-18(28)24-17(27)13-26-9-7-25(8-10-26)12-15-5-4-6-16(11-15)19(20,21)22/h4-6,11,14H,3,7-10,12-13H2,1-2H3,(H2,23,24,27,28)/p+2/t14-/m1/s1. The van der Waals surface area contributed by atoms with Crippen LogP contribution in [0.1, 0.15) is 31.4 Å². The lowest BCUT2D eigenvalue weighted by Crippen LogP contribution is -3.28. The van der Waals surface area contributed by atoms with Gasteiger partial charge in [-0.3, -0.25) is 10.1 Å². The third-order valence-corrected chi connectivity index (χ3v) is 5.03. The summed E-state index contributed by atoms with van der Waals surface area (Å²) < 4.78 is 38.5. The van der Waals surface area contributed by atoms with Crippen LogP contribution in [-0.2, 0) is 17.5 Å². The van der Waals surface area contributed by atoms with Gasteiger partial charge in [-0.1, -0.05) is 19.1 Å². The first-order chi connectivity index (χ1) is 13.2. The van der Waals surface area contributed by atoms with E-state index in [4.69, 9.17) is 0 Å². The Kier molecular flexibility index (Phi) is 7.82. The minimum absolute atomic E-state index is 0.00291. The van der Waals surface area contributed by atoms with Gasteiger partial charge in [0, 0.05) is 11.6 Å². The Hall–Kier alpha value is -2.13. The highest BCUT2D eigenvalue weighted by Crippen LogP contribution is 2.29. The topological polar surface area (TPSA) is 67.1 Å². The highest BCUT2D eigenvalue weighted by molar-refractivity contribution is 5.94. The molecule has 0 radical (unpaired) electrons. The zero-order valence-corrected chi connectivity index (χ0v) is 16.3. The summed E-state index contributed by atoms with van der Waals surface area (Å²) in [5.74, 6) is -0.322. The lowest BCUT2D eigenvalue weighted by Gasteiger charge is -2.29. The maximum absolute atomic E-state index is 12.8. The molecular weight excluding hydrogens is 373 g/mol. The SMILES string of the molecule is CC[C@@H](C)NC(=O)NC(=O)C[NH+]1CC[NH+](Cc2cccc(C(F)(F)F)c2)CC1. The van der Waals surface area contributed by atoms with E-state index >= 15 is 0 Å². The van der Waals surface area contributed by atoms with Gasteiger partial charge in [0.2, 0.25) is 0 Å². The number of benzene rings is 1. The summed E-state index contributed by atoms with van der Waals surface area (Å²) in [4.78, 5) is 25.9. The highest BCUT2D eigenvalue weighted by atomic mass is 19.4. The molecule has 0 aromatic heterocycles. The molecule has 9 heteroatoms. The second kappa shape index (κ2) is 9.88. The number of hydrogen-bond donors (Lipinski definition) is 4. The van der Waals surface area contributed by atoms with Gasteiger partial charge < -0.3 is 15.1 Å². The van der Waals surface area contributed by atoms with Crippen molar-refractivity contribution in [2.45, 2.75) is 39.0 Å². The molecule has 1 heterocycles. The van der Waals surface area contributed by atoms with Crippen LogP contribution in [0, 0.1) is 0 Å². The molecule has 1 saturated heterocycles. The lowest BCUT2D eigenvalue weighted by atomic mass is 10.1. The molecule has 1 fully saturated rings. The zero-order valence-electron chi connectivity index (χ0n) is 16.3. The molecule has 156 valence electrons. The molecule has 1 aromatic carbocycles. The third-order valence-electron chi connectivity index (χ3n) is 5.03. The van der Waals surface area contributed by atoms with Crippen molar-refractivity contribution in [1.29, 1.82) is 0 Å². The van der Waals surface area contributed by atoms with Crippen molar-refractivity contribution in [1.82, 2.24) is 10.6 Å². The molecule has 4 N–H and O–H groups in total. The van der Waals surface area contributed by atoms with Crippen molar-refractivity contribution in [3.63, 3.8) is 0 Å². The van der Waals surface area contributed by atoms with Gasteiger partial charge in [0.1, 0.15) is 32.7 Å². The second-order valence-corrected chi connectivity index (χ2v) is 7.38. The van der Waals surface area contributed by atoms with E-state index in [0.717, 1.165) is 43.6 Å². The average Bonchev–Trinajstić information content (AvgIpc) is 2.62. The van der Waals surface area contributed by atoms with Gasteiger partial charge in [-0.2, -0.15) is 13.2 Å². The first-order valence-corrected chi connectivity index (χ1v) is 9.61. The Balaban J connectivity index is 1.75. The summed E-state index contributed by atoms with van der Waals surface area (Å²) in [6.07, 6.45) is -3.55. The fourth-order valence-corrected chi connectivity index (χ4v) is 3.22. The quantitative estimate of drug-likeness (QED) is 0.524. The van der Waals surface area contributed by atoms with E-state index in [1.54, 1.807) is 6.07 Å². The van der Waals surface area contributed by atoms with E-state index in [-0.39, 0.29) is 18.5 Å². The van der Waals surface area contributed by atoms with E-state index in [9.17, 15) is 22.8 Å². The van der Waals surface area contributed by atoms with Crippen molar-refractivity contribution >= 4 is 11.9 Å². The summed E-state index contributed by atoms with van der Waals surface area (Å²) in [6.45, 7) is 7.53. The molecule has 2 rings (SSSR count). The fourth-order valence-electron chi connectivity index (χ4n) is 3.22. The van der Waals surface area contributed by atoms with Gasteiger partial charge in [0.25, 0.3) is 5.91 Å². The van der Waals surface area contributed by atoms with E-state index in [1.807, 2.05) is 13.8 Å². The number of carbonyl (C=O) groups is 2. The zero-order chi connectivity index (χ0) is 20.7. The van der Waals surface area contributed by atoms with Crippen molar-refractivity contribution in [2.75, 3.05) is 32.7 Å². The first kappa shape index (κ1) is 22.2. The van der Waals surface area contributed by atoms with Crippen LogP contribution in [0.5, 0.6) is 0 Å². The number of rotatable bonds is 6. The minimum Gasteiger partial charge on any atom is -0.335 e. The van der Waals surface area contributed by atoms with Crippen LogP contribution in [0.4, 0.5) is 18.0 Å². The van der Waals surface area contributed by atoms with Gasteiger partial charge in [0.05, 0.1) is 5.56 Å². The monoisotopic (exact) mass is 402 g/mol. The van der Waals surface area contributed by atoms with Gasteiger partial charge in [0.15, 0.2) is 6.54 Å². The van der Waals surface area contributed by atoms with Crippen LogP contribution in [0.25, 0.3) is 0 Å². The van der Waals surface area contributed by atoms with Crippen LogP contribution in [0.3, 0.4) is 0 Å². The number of halogens is 3. The van der Waals surface area contributed by atoms with E-state index in [2.05, 4.69) is 10.6 Å². The summed E-state index contributed by atoms with van der Waals surface area (Å²) >= 11 is 0. The smallest absolute Gasteiger partial charge is 0.335 e. The normalized spacial score (nSPS) is 21.0. The van der Waals surface area contributed by atoms with Crippen molar-refractivity contribution in [3.8, 4) is 0 Å². The molecule has 1 aromatic rings. The Morgan fingerprint density at radius 2 is 1.79 bits per heavy atom. The summed E-state index contributed by atoms with van der Waals surface area (Å²) in [7, 11) is 0. The highest BCUT2D eigenvalue weighted by Gasteiger charge is 2.31. The average molecular weight is 402 g/mol. The number of hydrogen-bond acceptors (Lipinski definition) is 2. The number of nitrogens with one attached hydrogen (secondary N) is 4.